The van der Waals surface area contributed by atoms with Crippen LogP contribution >= 0.6 is 11.6 Å². The number of amides is 1. The zero-order valence-corrected chi connectivity index (χ0v) is 12.1. The quantitative estimate of drug-likeness (QED) is 0.362. The van der Waals surface area contributed by atoms with Gasteiger partial charge in [-0.25, -0.2) is 0 Å². The number of esters is 1. The maximum absolute atomic E-state index is 11.9. The fourth-order valence-corrected chi connectivity index (χ4v) is 1.55. The van der Waals surface area contributed by atoms with E-state index in [1.54, 1.807) is 30.3 Å². The molecule has 0 fully saturated rings. The minimum atomic E-state index is -0.565. The number of benzene rings is 1. The Balaban J connectivity index is 2.57. The number of anilines is 1. The van der Waals surface area contributed by atoms with Crippen LogP contribution in [-0.2, 0) is 14.3 Å². The van der Waals surface area contributed by atoms with Gasteiger partial charge in [-0.15, -0.1) is 0 Å². The molecule has 0 heterocycles. The molecular formula is C14H14ClN3O3. The van der Waals surface area contributed by atoms with Gasteiger partial charge in [0.1, 0.15) is 11.6 Å². The molecule has 0 spiro atoms. The Labute approximate surface area is 127 Å². The van der Waals surface area contributed by atoms with Gasteiger partial charge in [0.05, 0.1) is 13.5 Å². The van der Waals surface area contributed by atoms with Gasteiger partial charge in [-0.2, -0.15) is 5.26 Å². The average molecular weight is 308 g/mol. The summed E-state index contributed by atoms with van der Waals surface area (Å²) in [6, 6.07) is 8.36. The van der Waals surface area contributed by atoms with Crippen molar-refractivity contribution in [1.29, 1.82) is 5.26 Å². The smallest absolute Gasteiger partial charge is 0.307 e. The first-order chi connectivity index (χ1) is 10.1. The van der Waals surface area contributed by atoms with E-state index in [-0.39, 0.29) is 24.5 Å². The second kappa shape index (κ2) is 8.61. The van der Waals surface area contributed by atoms with Gasteiger partial charge in [0.2, 0.25) is 0 Å². The third-order valence-electron chi connectivity index (χ3n) is 2.40. The molecule has 0 saturated carbocycles. The largest absolute Gasteiger partial charge is 0.469 e. The number of hydrogen-bond donors (Lipinski definition) is 2. The van der Waals surface area contributed by atoms with Crippen molar-refractivity contribution in [2.45, 2.75) is 6.42 Å². The van der Waals surface area contributed by atoms with Gasteiger partial charge >= 0.3 is 5.97 Å². The lowest BCUT2D eigenvalue weighted by atomic mass is 10.2. The van der Waals surface area contributed by atoms with Gasteiger partial charge in [-0.3, -0.25) is 9.59 Å². The molecular weight excluding hydrogens is 294 g/mol. The summed E-state index contributed by atoms with van der Waals surface area (Å²) in [6.07, 6.45) is 1.39. The molecule has 0 aliphatic rings. The third kappa shape index (κ3) is 5.97. The lowest BCUT2D eigenvalue weighted by molar-refractivity contribution is -0.140. The number of methoxy groups -OCH3 is 1. The Morgan fingerprint density at radius 3 is 2.86 bits per heavy atom. The van der Waals surface area contributed by atoms with Crippen molar-refractivity contribution in [3.8, 4) is 6.07 Å². The molecule has 7 heteroatoms. The highest BCUT2D eigenvalue weighted by Crippen LogP contribution is 2.15. The van der Waals surface area contributed by atoms with Crippen LogP contribution in [0.1, 0.15) is 6.42 Å². The molecule has 110 valence electrons. The molecule has 21 heavy (non-hydrogen) atoms. The summed E-state index contributed by atoms with van der Waals surface area (Å²) in [5.41, 5.74) is 0.378. The molecule has 1 aromatic carbocycles. The van der Waals surface area contributed by atoms with E-state index in [1.807, 2.05) is 0 Å². The minimum Gasteiger partial charge on any atom is -0.469 e. The Bertz CT molecular complexity index is 593. The van der Waals surface area contributed by atoms with E-state index in [9.17, 15) is 9.59 Å². The first-order valence-corrected chi connectivity index (χ1v) is 6.42. The van der Waals surface area contributed by atoms with Crippen molar-refractivity contribution in [3.63, 3.8) is 0 Å². The number of halogens is 1. The minimum absolute atomic E-state index is 0.111. The molecule has 0 saturated heterocycles. The number of carbonyl (C=O) groups is 2. The number of nitrogens with zero attached hydrogens (tertiary/aromatic N) is 1. The van der Waals surface area contributed by atoms with E-state index in [1.165, 1.54) is 13.3 Å². The summed E-state index contributed by atoms with van der Waals surface area (Å²) in [6.45, 7) is 0.266. The number of rotatable bonds is 6. The van der Waals surface area contributed by atoms with Crippen molar-refractivity contribution >= 4 is 29.2 Å². The van der Waals surface area contributed by atoms with Crippen LogP contribution in [0, 0.1) is 11.3 Å². The van der Waals surface area contributed by atoms with Crippen LogP contribution in [0.2, 0.25) is 5.02 Å². The molecule has 0 atom stereocenters. The van der Waals surface area contributed by atoms with Crippen LogP contribution in [0.25, 0.3) is 0 Å². The van der Waals surface area contributed by atoms with Crippen LogP contribution in [0.5, 0.6) is 0 Å². The predicted molar refractivity (Wildman–Crippen MR) is 78.4 cm³/mol. The van der Waals surface area contributed by atoms with Gasteiger partial charge < -0.3 is 15.4 Å². The van der Waals surface area contributed by atoms with Crippen molar-refractivity contribution in [1.82, 2.24) is 5.32 Å². The predicted octanol–water partition coefficient (Wildman–Crippen LogP) is 1.84. The summed E-state index contributed by atoms with van der Waals surface area (Å²) in [5.74, 6) is -0.942. The molecule has 0 aliphatic carbocycles. The van der Waals surface area contributed by atoms with Gasteiger partial charge in [0.25, 0.3) is 5.91 Å². The van der Waals surface area contributed by atoms with Crippen LogP contribution in [0.3, 0.4) is 0 Å². The SMILES string of the molecule is COC(=O)CCN/C=C(/C#N)C(=O)Nc1cccc(Cl)c1. The van der Waals surface area contributed by atoms with Gasteiger partial charge in [0, 0.05) is 23.5 Å². The first-order valence-electron chi connectivity index (χ1n) is 6.04. The van der Waals surface area contributed by atoms with Gasteiger partial charge in [-0.05, 0) is 18.2 Å². The van der Waals surface area contributed by atoms with Crippen molar-refractivity contribution < 1.29 is 14.3 Å². The monoisotopic (exact) mass is 307 g/mol. The normalized spacial score (nSPS) is 10.4. The Kier molecular flexibility index (Phi) is 6.78. The van der Waals surface area contributed by atoms with E-state index in [4.69, 9.17) is 16.9 Å². The zero-order valence-electron chi connectivity index (χ0n) is 11.4. The molecule has 0 bridgehead atoms. The number of ether oxygens (including phenoxy) is 1. The summed E-state index contributed by atoms with van der Waals surface area (Å²) in [5, 5.41) is 14.7. The molecule has 0 radical (unpaired) electrons. The molecule has 6 nitrogen and oxygen atoms in total. The van der Waals surface area contributed by atoms with Crippen LogP contribution < -0.4 is 10.6 Å². The second-order valence-electron chi connectivity index (χ2n) is 3.91. The van der Waals surface area contributed by atoms with E-state index >= 15 is 0 Å². The summed E-state index contributed by atoms with van der Waals surface area (Å²) in [4.78, 5) is 22.8. The lowest BCUT2D eigenvalue weighted by Crippen LogP contribution is -2.18. The zero-order chi connectivity index (χ0) is 15.7. The fraction of sp³-hybridized carbons (Fsp3) is 0.214. The van der Waals surface area contributed by atoms with E-state index in [0.29, 0.717) is 10.7 Å². The van der Waals surface area contributed by atoms with E-state index < -0.39 is 5.91 Å². The topological polar surface area (TPSA) is 91.2 Å². The van der Waals surface area contributed by atoms with Crippen LogP contribution in [0.4, 0.5) is 5.69 Å². The average Bonchev–Trinajstić information content (AvgIpc) is 2.46. The number of nitriles is 1. The first kappa shape index (κ1) is 16.5. The maximum Gasteiger partial charge on any atom is 0.307 e. The van der Waals surface area contributed by atoms with Gasteiger partial charge in [0.15, 0.2) is 0 Å². The summed E-state index contributed by atoms with van der Waals surface area (Å²) < 4.78 is 4.46. The summed E-state index contributed by atoms with van der Waals surface area (Å²) >= 11 is 5.80. The second-order valence-corrected chi connectivity index (χ2v) is 4.35. The number of carbonyl (C=O) groups excluding carboxylic acids is 2. The lowest BCUT2D eigenvalue weighted by Gasteiger charge is -2.05. The highest BCUT2D eigenvalue weighted by Gasteiger charge is 2.09. The molecule has 0 aliphatic heterocycles. The highest BCUT2D eigenvalue weighted by atomic mass is 35.5. The van der Waals surface area contributed by atoms with Crippen molar-refractivity contribution in [2.24, 2.45) is 0 Å². The standard InChI is InChI=1S/C14H14ClN3O3/c1-21-13(19)5-6-17-9-10(8-16)14(20)18-12-4-2-3-11(15)7-12/h2-4,7,9,17H,5-6H2,1H3,(H,18,20)/b10-9-. The Morgan fingerprint density at radius 1 is 1.48 bits per heavy atom. The number of hydrogen-bond acceptors (Lipinski definition) is 5. The van der Waals surface area contributed by atoms with Crippen molar-refractivity contribution in [3.05, 3.63) is 41.1 Å². The highest BCUT2D eigenvalue weighted by molar-refractivity contribution is 6.31. The molecule has 2 N–H and O–H groups in total. The Hall–Kier alpha value is -2.52. The van der Waals surface area contributed by atoms with Gasteiger partial charge in [-0.1, -0.05) is 17.7 Å². The van der Waals surface area contributed by atoms with E-state index in [0.717, 1.165) is 0 Å². The maximum atomic E-state index is 11.9. The van der Waals surface area contributed by atoms with Crippen molar-refractivity contribution in [2.75, 3.05) is 19.0 Å². The van der Waals surface area contributed by atoms with E-state index in [2.05, 4.69) is 15.4 Å². The fourth-order valence-electron chi connectivity index (χ4n) is 1.36. The summed E-state index contributed by atoms with van der Waals surface area (Å²) in [7, 11) is 1.29. The number of nitrogens with one attached hydrogen (secondary N) is 2. The van der Waals surface area contributed by atoms with Crippen LogP contribution in [0.15, 0.2) is 36.0 Å². The Morgan fingerprint density at radius 2 is 2.24 bits per heavy atom. The molecule has 0 aromatic heterocycles. The third-order valence-corrected chi connectivity index (χ3v) is 2.63. The molecule has 1 amide bonds. The molecule has 1 aromatic rings. The molecule has 1 rings (SSSR count). The van der Waals surface area contributed by atoms with Crippen LogP contribution in [-0.4, -0.2) is 25.5 Å². The molecule has 0 unspecified atom stereocenters.